The Balaban J connectivity index is 1.76. The Labute approximate surface area is 109 Å². The number of thiophene rings is 1. The average Bonchev–Trinajstić information content (AvgIpc) is 2.87. The lowest BCUT2D eigenvalue weighted by Gasteiger charge is -2.17. The summed E-state index contributed by atoms with van der Waals surface area (Å²) in [7, 11) is 0. The Morgan fingerprint density at radius 2 is 2.35 bits per heavy atom. The molecule has 1 aliphatic heterocycles. The number of aryl methyl sites for hydroxylation is 1. The monoisotopic (exact) mass is 252 g/mol. The minimum atomic E-state index is 0.614. The van der Waals surface area contributed by atoms with Gasteiger partial charge < -0.3 is 5.32 Å². The van der Waals surface area contributed by atoms with E-state index in [1.165, 1.54) is 31.6 Å². The molecule has 2 nitrogen and oxygen atoms in total. The first-order chi connectivity index (χ1) is 8.15. The topological polar surface area (TPSA) is 15.3 Å². The number of nitrogens with zero attached hydrogens (tertiary/aromatic N) is 1. The Kier molecular flexibility index (Phi) is 4.60. The van der Waals surface area contributed by atoms with E-state index in [9.17, 15) is 0 Å². The van der Waals surface area contributed by atoms with Crippen LogP contribution in [0.4, 0.5) is 0 Å². The van der Waals surface area contributed by atoms with Crippen molar-refractivity contribution < 1.29 is 0 Å². The summed E-state index contributed by atoms with van der Waals surface area (Å²) in [6.45, 7) is 11.5. The molecule has 1 saturated heterocycles. The van der Waals surface area contributed by atoms with Gasteiger partial charge in [0.25, 0.3) is 0 Å². The normalized spacial score (nSPS) is 21.5. The Morgan fingerprint density at radius 3 is 3.00 bits per heavy atom. The summed E-state index contributed by atoms with van der Waals surface area (Å²) >= 11 is 1.90. The standard InChI is InChI=1S/C14H24N2S/c1-11(2)15-8-13-4-6-16(9-13)10-14-12(3)5-7-17-14/h5,7,11,13,15H,4,6,8-10H2,1-3H3. The molecule has 0 aliphatic carbocycles. The molecule has 2 rings (SSSR count). The molecule has 1 unspecified atom stereocenters. The van der Waals surface area contributed by atoms with E-state index in [1.54, 1.807) is 4.88 Å². The first-order valence-corrected chi connectivity index (χ1v) is 7.52. The van der Waals surface area contributed by atoms with Gasteiger partial charge in [0.05, 0.1) is 0 Å². The van der Waals surface area contributed by atoms with Crippen LogP contribution in [0.15, 0.2) is 11.4 Å². The first kappa shape index (κ1) is 13.1. The van der Waals surface area contributed by atoms with Gasteiger partial charge in [-0.1, -0.05) is 13.8 Å². The molecule has 1 aromatic heterocycles. The fraction of sp³-hybridized carbons (Fsp3) is 0.714. The van der Waals surface area contributed by atoms with Gasteiger partial charge in [0.1, 0.15) is 0 Å². The van der Waals surface area contributed by atoms with Crippen molar-refractivity contribution >= 4 is 11.3 Å². The molecule has 1 N–H and O–H groups in total. The van der Waals surface area contributed by atoms with Crippen LogP contribution in [0.2, 0.25) is 0 Å². The highest BCUT2D eigenvalue weighted by molar-refractivity contribution is 7.10. The predicted molar refractivity (Wildman–Crippen MR) is 75.6 cm³/mol. The van der Waals surface area contributed by atoms with Crippen LogP contribution in [0.25, 0.3) is 0 Å². The summed E-state index contributed by atoms with van der Waals surface area (Å²) in [6.07, 6.45) is 1.35. The molecule has 1 atom stereocenters. The van der Waals surface area contributed by atoms with E-state index in [4.69, 9.17) is 0 Å². The zero-order valence-corrected chi connectivity index (χ0v) is 12.0. The Morgan fingerprint density at radius 1 is 1.53 bits per heavy atom. The number of hydrogen-bond donors (Lipinski definition) is 1. The summed E-state index contributed by atoms with van der Waals surface area (Å²) in [5.41, 5.74) is 1.46. The second-order valence-corrected chi connectivity index (χ2v) is 6.48. The number of nitrogens with one attached hydrogen (secondary N) is 1. The third-order valence-corrected chi connectivity index (χ3v) is 4.53. The molecule has 1 aliphatic rings. The summed E-state index contributed by atoms with van der Waals surface area (Å²) in [4.78, 5) is 4.15. The molecule has 3 heteroatoms. The van der Waals surface area contributed by atoms with E-state index in [-0.39, 0.29) is 0 Å². The molecular formula is C14H24N2S. The molecule has 0 aromatic carbocycles. The molecule has 0 amide bonds. The van der Waals surface area contributed by atoms with Crippen molar-refractivity contribution in [2.75, 3.05) is 19.6 Å². The molecule has 1 aromatic rings. The number of rotatable bonds is 5. The van der Waals surface area contributed by atoms with Crippen molar-refractivity contribution in [1.29, 1.82) is 0 Å². The van der Waals surface area contributed by atoms with Gasteiger partial charge in [-0.15, -0.1) is 11.3 Å². The van der Waals surface area contributed by atoms with Crippen LogP contribution in [0.5, 0.6) is 0 Å². The van der Waals surface area contributed by atoms with Crippen molar-refractivity contribution in [3.05, 3.63) is 21.9 Å². The summed E-state index contributed by atoms with van der Waals surface area (Å²) in [6, 6.07) is 2.84. The van der Waals surface area contributed by atoms with E-state index >= 15 is 0 Å². The fourth-order valence-corrected chi connectivity index (χ4v) is 3.34. The van der Waals surface area contributed by atoms with Crippen LogP contribution in [0.1, 0.15) is 30.7 Å². The van der Waals surface area contributed by atoms with Crippen molar-refractivity contribution in [3.8, 4) is 0 Å². The molecule has 0 spiro atoms. The lowest BCUT2D eigenvalue weighted by atomic mass is 10.1. The van der Waals surface area contributed by atoms with E-state index in [1.807, 2.05) is 11.3 Å². The number of likely N-dealkylation sites (tertiary alicyclic amines) is 1. The quantitative estimate of drug-likeness (QED) is 0.867. The molecule has 0 bridgehead atoms. The van der Waals surface area contributed by atoms with Gasteiger partial charge in [0.2, 0.25) is 0 Å². The zero-order chi connectivity index (χ0) is 12.3. The maximum absolute atomic E-state index is 3.55. The highest BCUT2D eigenvalue weighted by Crippen LogP contribution is 2.22. The molecule has 2 heterocycles. The van der Waals surface area contributed by atoms with Gasteiger partial charge in [0, 0.05) is 24.0 Å². The SMILES string of the molecule is Cc1ccsc1CN1CCC(CNC(C)C)C1. The molecule has 96 valence electrons. The van der Waals surface area contributed by atoms with Crippen molar-refractivity contribution in [2.24, 2.45) is 5.92 Å². The van der Waals surface area contributed by atoms with Gasteiger partial charge in [0.15, 0.2) is 0 Å². The van der Waals surface area contributed by atoms with E-state index < -0.39 is 0 Å². The highest BCUT2D eigenvalue weighted by Gasteiger charge is 2.22. The van der Waals surface area contributed by atoms with Crippen LogP contribution >= 0.6 is 11.3 Å². The zero-order valence-electron chi connectivity index (χ0n) is 11.2. The van der Waals surface area contributed by atoms with Crippen LogP contribution in [-0.4, -0.2) is 30.6 Å². The van der Waals surface area contributed by atoms with Gasteiger partial charge in [-0.2, -0.15) is 0 Å². The van der Waals surface area contributed by atoms with E-state index in [0.29, 0.717) is 6.04 Å². The predicted octanol–water partition coefficient (Wildman–Crippen LogP) is 2.88. The first-order valence-electron chi connectivity index (χ1n) is 6.64. The largest absolute Gasteiger partial charge is 0.314 e. The fourth-order valence-electron chi connectivity index (χ4n) is 2.39. The van der Waals surface area contributed by atoms with Crippen molar-refractivity contribution in [1.82, 2.24) is 10.2 Å². The van der Waals surface area contributed by atoms with Gasteiger partial charge in [-0.05, 0) is 49.4 Å². The van der Waals surface area contributed by atoms with Crippen LogP contribution in [0, 0.1) is 12.8 Å². The number of hydrogen-bond acceptors (Lipinski definition) is 3. The van der Waals surface area contributed by atoms with Gasteiger partial charge in [-0.3, -0.25) is 4.90 Å². The Bertz CT molecular complexity index is 346. The highest BCUT2D eigenvalue weighted by atomic mass is 32.1. The van der Waals surface area contributed by atoms with E-state index in [0.717, 1.165) is 12.5 Å². The minimum Gasteiger partial charge on any atom is -0.314 e. The van der Waals surface area contributed by atoms with Crippen LogP contribution in [0.3, 0.4) is 0 Å². The van der Waals surface area contributed by atoms with Gasteiger partial charge in [-0.25, -0.2) is 0 Å². The average molecular weight is 252 g/mol. The lowest BCUT2D eigenvalue weighted by Crippen LogP contribution is -2.30. The van der Waals surface area contributed by atoms with Crippen molar-refractivity contribution in [3.63, 3.8) is 0 Å². The third kappa shape index (κ3) is 3.80. The Hall–Kier alpha value is -0.380. The molecule has 17 heavy (non-hydrogen) atoms. The summed E-state index contributed by atoms with van der Waals surface area (Å²) in [5, 5.41) is 5.76. The second-order valence-electron chi connectivity index (χ2n) is 5.48. The smallest absolute Gasteiger partial charge is 0.0330 e. The maximum atomic E-state index is 3.55. The summed E-state index contributed by atoms with van der Waals surface area (Å²) < 4.78 is 0. The minimum absolute atomic E-state index is 0.614. The third-order valence-electron chi connectivity index (χ3n) is 3.52. The second kappa shape index (κ2) is 5.98. The molecule has 0 saturated carbocycles. The maximum Gasteiger partial charge on any atom is 0.0330 e. The summed E-state index contributed by atoms with van der Waals surface area (Å²) in [5.74, 6) is 0.845. The lowest BCUT2D eigenvalue weighted by molar-refractivity contribution is 0.315. The molecular weight excluding hydrogens is 228 g/mol. The molecule has 1 fully saturated rings. The molecule has 0 radical (unpaired) electrons. The van der Waals surface area contributed by atoms with Crippen LogP contribution in [-0.2, 0) is 6.54 Å². The van der Waals surface area contributed by atoms with Crippen molar-refractivity contribution in [2.45, 2.75) is 39.8 Å². The van der Waals surface area contributed by atoms with E-state index in [2.05, 4.69) is 42.4 Å². The van der Waals surface area contributed by atoms with Crippen LogP contribution < -0.4 is 5.32 Å². The van der Waals surface area contributed by atoms with Gasteiger partial charge >= 0.3 is 0 Å².